The predicted molar refractivity (Wildman–Crippen MR) is 92.7 cm³/mol. The van der Waals surface area contributed by atoms with Crippen molar-refractivity contribution in [2.75, 3.05) is 18.5 Å². The Labute approximate surface area is 143 Å². The number of anilines is 1. The molecule has 0 bridgehead atoms. The van der Waals surface area contributed by atoms with Crippen LogP contribution in [0.2, 0.25) is 0 Å². The summed E-state index contributed by atoms with van der Waals surface area (Å²) in [5.74, 6) is 1.32. The van der Waals surface area contributed by atoms with Gasteiger partial charge in [0.15, 0.2) is 0 Å². The average molecular weight is 353 g/mol. The van der Waals surface area contributed by atoms with Crippen LogP contribution in [0.4, 0.5) is 5.82 Å². The molecule has 2 aromatic rings. The number of nitrogens with zero attached hydrogens (tertiary/aromatic N) is 4. The molecule has 132 valence electrons. The zero-order valence-corrected chi connectivity index (χ0v) is 14.4. The topological polar surface area (TPSA) is 104 Å². The van der Waals surface area contributed by atoms with Crippen LogP contribution in [0.5, 0.6) is 0 Å². The lowest BCUT2D eigenvalue weighted by atomic mass is 9.85. The molecule has 2 aromatic heterocycles. The number of hydrogen-bond donors (Lipinski definition) is 3. The molecule has 0 aliphatic heterocycles. The zero-order valence-electron chi connectivity index (χ0n) is 13.6. The van der Waals surface area contributed by atoms with E-state index in [2.05, 4.69) is 19.6 Å². The summed E-state index contributed by atoms with van der Waals surface area (Å²) in [7, 11) is 2.05. The summed E-state index contributed by atoms with van der Waals surface area (Å²) in [6, 6.07) is 2.32. The molecule has 9 heteroatoms. The number of aliphatic hydroxyl groups excluding tert-OH is 1. The number of hydrogen-bond acceptors (Lipinski definition) is 5. The van der Waals surface area contributed by atoms with Crippen molar-refractivity contribution in [3.8, 4) is 0 Å². The minimum Gasteiger partial charge on any atom is -0.376 e. The lowest BCUT2D eigenvalue weighted by Crippen LogP contribution is -2.37. The number of rotatable bonds is 6. The van der Waals surface area contributed by atoms with Crippen LogP contribution in [0.1, 0.15) is 25.7 Å². The second-order valence-electron chi connectivity index (χ2n) is 6.24. The van der Waals surface area contributed by atoms with Gasteiger partial charge in [-0.15, -0.1) is 0 Å². The van der Waals surface area contributed by atoms with Gasteiger partial charge in [0, 0.05) is 25.8 Å². The highest BCUT2D eigenvalue weighted by molar-refractivity contribution is 7.77. The van der Waals surface area contributed by atoms with Gasteiger partial charge in [-0.3, -0.25) is 4.55 Å². The van der Waals surface area contributed by atoms with E-state index in [1.54, 1.807) is 4.57 Å². The lowest BCUT2D eigenvalue weighted by Gasteiger charge is -2.35. The molecule has 0 saturated heterocycles. The zero-order chi connectivity index (χ0) is 17.1. The van der Waals surface area contributed by atoms with Crippen LogP contribution >= 0.6 is 0 Å². The molecule has 24 heavy (non-hydrogen) atoms. The van der Waals surface area contributed by atoms with E-state index in [0.717, 1.165) is 42.5 Å². The van der Waals surface area contributed by atoms with Crippen molar-refractivity contribution in [1.29, 1.82) is 0 Å². The highest BCUT2D eigenvalue weighted by atomic mass is 32.2. The van der Waals surface area contributed by atoms with E-state index in [1.807, 2.05) is 19.3 Å². The molecule has 1 unspecified atom stereocenters. The van der Waals surface area contributed by atoms with Gasteiger partial charge in [0.2, 0.25) is 11.3 Å². The van der Waals surface area contributed by atoms with Crippen molar-refractivity contribution in [2.45, 2.75) is 38.5 Å². The summed E-state index contributed by atoms with van der Waals surface area (Å²) in [6.07, 6.45) is 7.43. The minimum atomic E-state index is -1.93. The highest BCUT2D eigenvalue weighted by Crippen LogP contribution is 2.31. The van der Waals surface area contributed by atoms with Gasteiger partial charge in [-0.2, -0.15) is 0 Å². The van der Waals surface area contributed by atoms with Gasteiger partial charge < -0.3 is 14.6 Å². The van der Waals surface area contributed by atoms with Gasteiger partial charge in [0.05, 0.1) is 5.39 Å². The maximum Gasteiger partial charge on any atom is 0.231 e. The summed E-state index contributed by atoms with van der Waals surface area (Å²) in [5, 5.41) is 10.3. The van der Waals surface area contributed by atoms with Crippen LogP contribution in [-0.2, 0) is 18.0 Å². The maximum atomic E-state index is 10.7. The van der Waals surface area contributed by atoms with E-state index < -0.39 is 11.3 Å². The van der Waals surface area contributed by atoms with Gasteiger partial charge in [-0.05, 0) is 37.7 Å². The normalized spacial score (nSPS) is 22.6. The molecule has 0 spiro atoms. The molecule has 3 N–H and O–H groups in total. The molecule has 1 fully saturated rings. The Bertz CT molecular complexity index is 714. The summed E-state index contributed by atoms with van der Waals surface area (Å²) >= 11 is -1.93. The van der Waals surface area contributed by atoms with E-state index in [1.165, 1.54) is 6.33 Å². The Morgan fingerprint density at radius 3 is 2.79 bits per heavy atom. The van der Waals surface area contributed by atoms with E-state index in [-0.39, 0.29) is 6.73 Å². The molecule has 8 nitrogen and oxygen atoms in total. The first-order chi connectivity index (χ1) is 11.6. The first-order valence-electron chi connectivity index (χ1n) is 8.08. The summed E-state index contributed by atoms with van der Waals surface area (Å²) in [6.45, 7) is 0.477. The van der Waals surface area contributed by atoms with E-state index >= 15 is 0 Å². The fourth-order valence-electron chi connectivity index (χ4n) is 3.48. The maximum absolute atomic E-state index is 10.7. The summed E-state index contributed by atoms with van der Waals surface area (Å²) < 4.78 is 23.8. The molecular weight excluding hydrogens is 330 g/mol. The van der Waals surface area contributed by atoms with E-state index in [0.29, 0.717) is 18.5 Å². The van der Waals surface area contributed by atoms with Crippen molar-refractivity contribution in [3.63, 3.8) is 0 Å². The molecular formula is C15H23N5O3S. The van der Waals surface area contributed by atoms with E-state index in [9.17, 15) is 9.32 Å². The van der Waals surface area contributed by atoms with Crippen molar-refractivity contribution in [2.24, 2.45) is 5.92 Å². The van der Waals surface area contributed by atoms with Crippen LogP contribution in [0.25, 0.3) is 11.0 Å². The van der Waals surface area contributed by atoms with Crippen molar-refractivity contribution in [3.05, 3.63) is 18.6 Å². The summed E-state index contributed by atoms with van der Waals surface area (Å²) in [4.78, 5) is 10.9. The van der Waals surface area contributed by atoms with Crippen molar-refractivity contribution < 1.29 is 13.9 Å². The molecule has 0 radical (unpaired) electrons. The van der Waals surface area contributed by atoms with Gasteiger partial charge in [0.25, 0.3) is 0 Å². The SMILES string of the molecule is CN(c1ncnc2c1ccn2CO)C1CCC(CNS(=O)O)CC1. The number of fused-ring (bicyclic) bond motifs is 1. The third kappa shape index (κ3) is 3.59. The highest BCUT2D eigenvalue weighted by Gasteiger charge is 2.26. The first kappa shape index (κ1) is 17.3. The van der Waals surface area contributed by atoms with Crippen LogP contribution in [0.15, 0.2) is 18.6 Å². The van der Waals surface area contributed by atoms with Crippen LogP contribution in [0, 0.1) is 5.92 Å². The van der Waals surface area contributed by atoms with Crippen LogP contribution in [0.3, 0.4) is 0 Å². The standard InChI is InChI=1S/C15H23N5O3S/c1-19(12-4-2-11(3-5-12)8-18-24(22)23)14-13-6-7-20(10-21)15(13)17-9-16-14/h6-7,9,11-12,18,21H,2-5,8,10H2,1H3,(H,22,23). The molecule has 1 aliphatic carbocycles. The van der Waals surface area contributed by atoms with Crippen LogP contribution < -0.4 is 9.62 Å². The van der Waals surface area contributed by atoms with Gasteiger partial charge in [-0.25, -0.2) is 18.9 Å². The van der Waals surface area contributed by atoms with E-state index in [4.69, 9.17) is 4.55 Å². The first-order valence-corrected chi connectivity index (χ1v) is 9.18. The Morgan fingerprint density at radius 2 is 2.12 bits per heavy atom. The Morgan fingerprint density at radius 1 is 1.38 bits per heavy atom. The van der Waals surface area contributed by atoms with Gasteiger partial charge in [-0.1, -0.05) is 0 Å². The quantitative estimate of drug-likeness (QED) is 0.672. The minimum absolute atomic E-state index is 0.103. The fourth-order valence-corrected chi connectivity index (χ4v) is 3.86. The monoisotopic (exact) mass is 353 g/mol. The average Bonchev–Trinajstić information content (AvgIpc) is 3.03. The Balaban J connectivity index is 1.68. The Kier molecular flexibility index (Phi) is 5.44. The fraction of sp³-hybridized carbons (Fsp3) is 0.600. The smallest absolute Gasteiger partial charge is 0.231 e. The molecule has 3 rings (SSSR count). The third-order valence-corrected chi connectivity index (χ3v) is 5.29. The molecule has 1 atom stereocenters. The second kappa shape index (κ2) is 7.56. The number of nitrogens with one attached hydrogen (secondary N) is 1. The third-order valence-electron chi connectivity index (χ3n) is 4.88. The molecule has 0 amide bonds. The lowest BCUT2D eigenvalue weighted by molar-refractivity contribution is 0.215. The van der Waals surface area contributed by atoms with Crippen molar-refractivity contribution in [1.82, 2.24) is 19.3 Å². The molecule has 1 saturated carbocycles. The number of aliphatic hydroxyl groups is 1. The van der Waals surface area contributed by atoms with Gasteiger partial charge in [0.1, 0.15) is 24.5 Å². The molecule has 2 heterocycles. The predicted octanol–water partition coefficient (Wildman–Crippen LogP) is 1.10. The number of aromatic nitrogens is 3. The summed E-state index contributed by atoms with van der Waals surface area (Å²) in [5.41, 5.74) is 0.734. The Hall–Kier alpha value is -1.55. The van der Waals surface area contributed by atoms with Crippen LogP contribution in [-0.4, -0.2) is 48.0 Å². The molecule has 1 aliphatic rings. The molecule has 0 aromatic carbocycles. The van der Waals surface area contributed by atoms with Crippen molar-refractivity contribution >= 4 is 28.1 Å². The largest absolute Gasteiger partial charge is 0.376 e. The second-order valence-corrected chi connectivity index (χ2v) is 7.03. The van der Waals surface area contributed by atoms with Gasteiger partial charge >= 0.3 is 0 Å².